The predicted octanol–water partition coefficient (Wildman–Crippen LogP) is 6.08. The zero-order valence-electron chi connectivity index (χ0n) is 25.1. The number of benzene rings is 3. The normalized spacial score (nSPS) is 12.0. The summed E-state index contributed by atoms with van der Waals surface area (Å²) in [6.45, 7) is 8.13. The number of aliphatic hydroxyl groups excluding tert-OH is 1. The molecule has 226 valence electrons. The minimum Gasteiger partial charge on any atom is -0.476 e. The van der Waals surface area contributed by atoms with Crippen LogP contribution in [0, 0.1) is 0 Å². The van der Waals surface area contributed by atoms with E-state index in [9.17, 15) is 14.7 Å². The number of carbonyl (C=O) groups is 2. The number of aliphatic carboxylic acids is 1. The van der Waals surface area contributed by atoms with E-state index in [4.69, 9.17) is 14.7 Å². The number of hydrogen-bond acceptors (Lipinski definition) is 9. The number of hydrogen-bond donors (Lipinski definition) is 3. The Hall–Kier alpha value is -4.54. The van der Waals surface area contributed by atoms with Crippen molar-refractivity contribution < 1.29 is 29.4 Å². The first kappa shape index (κ1) is 33.0. The van der Waals surface area contributed by atoms with Gasteiger partial charge in [-0.15, -0.1) is 11.3 Å². The van der Waals surface area contributed by atoms with E-state index in [1.54, 1.807) is 26.2 Å². The van der Waals surface area contributed by atoms with Gasteiger partial charge in [-0.1, -0.05) is 96.2 Å². The maximum atomic E-state index is 12.6. The van der Waals surface area contributed by atoms with Gasteiger partial charge in [0, 0.05) is 12.5 Å². The van der Waals surface area contributed by atoms with Crippen LogP contribution in [-0.4, -0.2) is 51.2 Å². The summed E-state index contributed by atoms with van der Waals surface area (Å²) >= 11 is 1.24. The number of oxime groups is 1. The third kappa shape index (κ3) is 8.06. The molecule has 0 aliphatic carbocycles. The average molecular weight is 604 g/mol. The standard InChI is InChI=1S/C32H33N3O5S.CH4O/c1-30(2,3)39-28(38)31(4,5)40-35-26(27(36)37)25-21-41-29(33-25)34-32(22-15-9-6-10-16-22,23-17-11-7-12-18-23)24-19-13-8-14-20-24;1-2/h6-21H,1-5H3,(H,33,34)(H,36,37);2H,1H3. The Morgan fingerprint density at radius 2 is 1.23 bits per heavy atom. The molecule has 0 spiro atoms. The molecule has 0 bridgehead atoms. The summed E-state index contributed by atoms with van der Waals surface area (Å²) in [7, 11) is 1.00. The number of carboxylic acids is 1. The summed E-state index contributed by atoms with van der Waals surface area (Å²) < 4.78 is 5.38. The van der Waals surface area contributed by atoms with E-state index in [0.717, 1.165) is 23.8 Å². The van der Waals surface area contributed by atoms with Crippen LogP contribution < -0.4 is 5.32 Å². The van der Waals surface area contributed by atoms with Crippen molar-refractivity contribution in [3.05, 3.63) is 119 Å². The maximum Gasteiger partial charge on any atom is 0.360 e. The first-order valence-corrected chi connectivity index (χ1v) is 14.4. The molecule has 0 radical (unpaired) electrons. The molecule has 0 unspecified atom stereocenters. The third-order valence-corrected chi connectivity index (χ3v) is 6.88. The molecule has 3 aromatic carbocycles. The molecular formula is C33H37N3O6S. The van der Waals surface area contributed by atoms with Gasteiger partial charge in [-0.3, -0.25) is 0 Å². The van der Waals surface area contributed by atoms with Crippen molar-refractivity contribution in [3.63, 3.8) is 0 Å². The van der Waals surface area contributed by atoms with Gasteiger partial charge in [0.1, 0.15) is 16.8 Å². The van der Waals surface area contributed by atoms with Crippen molar-refractivity contribution in [3.8, 4) is 0 Å². The molecule has 3 N–H and O–H groups in total. The van der Waals surface area contributed by atoms with Gasteiger partial charge in [0.05, 0.1) is 0 Å². The second-order valence-corrected chi connectivity index (χ2v) is 11.7. The molecule has 10 heteroatoms. The lowest BCUT2D eigenvalue weighted by Crippen LogP contribution is -2.40. The summed E-state index contributed by atoms with van der Waals surface area (Å²) in [6, 6.07) is 30.0. The van der Waals surface area contributed by atoms with Gasteiger partial charge in [0.25, 0.3) is 0 Å². The molecule has 0 aliphatic heterocycles. The number of aromatic nitrogens is 1. The number of carboxylic acid groups (broad SMARTS) is 1. The number of aliphatic hydroxyl groups is 1. The Kier molecular flexibility index (Phi) is 10.8. The smallest absolute Gasteiger partial charge is 0.360 e. The molecule has 9 nitrogen and oxygen atoms in total. The molecule has 43 heavy (non-hydrogen) atoms. The lowest BCUT2D eigenvalue weighted by Gasteiger charge is -2.36. The fourth-order valence-electron chi connectivity index (χ4n) is 4.17. The molecule has 1 heterocycles. The third-order valence-electron chi connectivity index (χ3n) is 6.12. The van der Waals surface area contributed by atoms with E-state index in [0.29, 0.717) is 5.13 Å². The molecule has 0 saturated heterocycles. The summed E-state index contributed by atoms with van der Waals surface area (Å²) in [6.07, 6.45) is 0. The highest BCUT2D eigenvalue weighted by molar-refractivity contribution is 7.14. The van der Waals surface area contributed by atoms with Crippen LogP contribution in [0.4, 0.5) is 5.13 Å². The zero-order chi connectivity index (χ0) is 31.7. The van der Waals surface area contributed by atoms with E-state index >= 15 is 0 Å². The molecule has 0 atom stereocenters. The van der Waals surface area contributed by atoms with Crippen LogP contribution in [0.15, 0.2) is 102 Å². The van der Waals surface area contributed by atoms with Crippen LogP contribution in [0.3, 0.4) is 0 Å². The minimum atomic E-state index is -1.52. The first-order chi connectivity index (χ1) is 20.4. The summed E-state index contributed by atoms with van der Waals surface area (Å²) in [5.41, 5.74) is -0.516. The van der Waals surface area contributed by atoms with Crippen molar-refractivity contribution >= 4 is 34.1 Å². The SMILES string of the molecule is CC(C)(C)OC(=O)C(C)(C)ON=C(C(=O)O)c1csc(NC(c2ccccc2)(c2ccccc2)c2ccccc2)n1.CO. The van der Waals surface area contributed by atoms with Crippen LogP contribution in [-0.2, 0) is 24.7 Å². The van der Waals surface area contributed by atoms with Gasteiger partial charge in [0.2, 0.25) is 11.3 Å². The van der Waals surface area contributed by atoms with Crippen LogP contribution in [0.5, 0.6) is 0 Å². The largest absolute Gasteiger partial charge is 0.476 e. The van der Waals surface area contributed by atoms with Gasteiger partial charge in [-0.2, -0.15) is 0 Å². The van der Waals surface area contributed by atoms with Gasteiger partial charge in [-0.05, 0) is 51.3 Å². The average Bonchev–Trinajstić information content (AvgIpc) is 3.45. The number of nitrogens with one attached hydrogen (secondary N) is 1. The molecular weight excluding hydrogens is 566 g/mol. The van der Waals surface area contributed by atoms with Gasteiger partial charge in [-0.25, -0.2) is 14.6 Å². The van der Waals surface area contributed by atoms with E-state index < -0.39 is 34.4 Å². The number of esters is 1. The quantitative estimate of drug-likeness (QED) is 0.0861. The van der Waals surface area contributed by atoms with Crippen molar-refractivity contribution in [1.29, 1.82) is 0 Å². The Morgan fingerprint density at radius 3 is 1.63 bits per heavy atom. The molecule has 0 fully saturated rings. The highest BCUT2D eigenvalue weighted by atomic mass is 32.1. The molecule has 1 aromatic heterocycles. The zero-order valence-corrected chi connectivity index (χ0v) is 25.9. The Balaban J connectivity index is 0.00000248. The van der Waals surface area contributed by atoms with Gasteiger partial charge < -0.3 is 25.1 Å². The molecule has 0 amide bonds. The van der Waals surface area contributed by atoms with Crippen molar-refractivity contribution in [1.82, 2.24) is 4.98 Å². The van der Waals surface area contributed by atoms with Crippen LogP contribution >= 0.6 is 11.3 Å². The van der Waals surface area contributed by atoms with Crippen LogP contribution in [0.25, 0.3) is 0 Å². The Bertz CT molecular complexity index is 1420. The van der Waals surface area contributed by atoms with E-state index in [-0.39, 0.29) is 5.69 Å². The second kappa shape index (κ2) is 14.1. The number of thiazole rings is 1. The second-order valence-electron chi connectivity index (χ2n) is 10.9. The van der Waals surface area contributed by atoms with Crippen molar-refractivity contribution in [2.45, 2.75) is 51.4 Å². The lowest BCUT2D eigenvalue weighted by molar-refractivity contribution is -0.179. The maximum absolute atomic E-state index is 12.6. The molecule has 0 aliphatic rings. The van der Waals surface area contributed by atoms with E-state index in [1.807, 2.05) is 91.0 Å². The molecule has 4 aromatic rings. The fraction of sp³-hybridized carbons (Fsp3) is 0.273. The van der Waals surface area contributed by atoms with E-state index in [2.05, 4.69) is 15.5 Å². The number of nitrogens with zero attached hydrogens (tertiary/aromatic N) is 2. The van der Waals surface area contributed by atoms with Crippen molar-refractivity contribution in [2.24, 2.45) is 5.16 Å². The summed E-state index contributed by atoms with van der Waals surface area (Å²) in [5, 5.41) is 26.4. The number of rotatable bonds is 10. The number of ether oxygens (including phenoxy) is 1. The summed E-state index contributed by atoms with van der Waals surface area (Å²) in [5.74, 6) is -2.01. The predicted molar refractivity (Wildman–Crippen MR) is 168 cm³/mol. The number of anilines is 1. The number of carbonyl (C=O) groups excluding carboxylic acids is 1. The highest BCUT2D eigenvalue weighted by Gasteiger charge is 2.38. The van der Waals surface area contributed by atoms with E-state index in [1.165, 1.54) is 25.2 Å². The Labute approximate surface area is 255 Å². The minimum absolute atomic E-state index is 0.0908. The van der Waals surface area contributed by atoms with Crippen molar-refractivity contribution in [2.75, 3.05) is 12.4 Å². The first-order valence-electron chi connectivity index (χ1n) is 13.5. The van der Waals surface area contributed by atoms with Crippen LogP contribution in [0.1, 0.15) is 57.0 Å². The lowest BCUT2D eigenvalue weighted by atomic mass is 9.77. The monoisotopic (exact) mass is 603 g/mol. The van der Waals surface area contributed by atoms with Crippen LogP contribution in [0.2, 0.25) is 0 Å². The summed E-state index contributed by atoms with van der Waals surface area (Å²) in [4.78, 5) is 34.8. The highest BCUT2D eigenvalue weighted by Crippen LogP contribution is 2.40. The topological polar surface area (TPSA) is 130 Å². The Morgan fingerprint density at radius 1 is 0.791 bits per heavy atom. The fourth-order valence-corrected chi connectivity index (χ4v) is 4.93. The van der Waals surface area contributed by atoms with Gasteiger partial charge in [0.15, 0.2) is 5.13 Å². The molecule has 4 rings (SSSR count). The molecule has 0 saturated carbocycles. The van der Waals surface area contributed by atoms with Gasteiger partial charge >= 0.3 is 11.9 Å².